The summed E-state index contributed by atoms with van der Waals surface area (Å²) in [6, 6.07) is 5.74. The topological polar surface area (TPSA) is 67.4 Å². The van der Waals surface area contributed by atoms with Gasteiger partial charge in [-0.1, -0.05) is 44.2 Å². The maximum Gasteiger partial charge on any atom is 0.279 e. The molecule has 2 N–H and O–H groups in total. The summed E-state index contributed by atoms with van der Waals surface area (Å²) in [5, 5.41) is 0. The monoisotopic (exact) mass is 346 g/mol. The van der Waals surface area contributed by atoms with Gasteiger partial charge in [-0.25, -0.2) is 0 Å². The Kier molecular flexibility index (Phi) is 7.29. The Morgan fingerprint density at radius 2 is 1.88 bits per heavy atom. The van der Waals surface area contributed by atoms with Crippen molar-refractivity contribution in [3.05, 3.63) is 29.3 Å². The number of aryl methyl sites for hydroxylation is 1. The first-order chi connectivity index (χ1) is 12.0. The van der Waals surface area contributed by atoms with Gasteiger partial charge in [-0.2, -0.15) is 0 Å². The lowest BCUT2D eigenvalue weighted by Gasteiger charge is -2.21. The number of nitrogens with one attached hydrogen (secondary N) is 2. The molecule has 1 aromatic carbocycles. The SMILES string of the molecule is Cc1cccc(OC(C)C(=O)NNC(=O)CCC2CCCCC2)c1C. The van der Waals surface area contributed by atoms with Crippen LogP contribution in [0.3, 0.4) is 0 Å². The number of benzene rings is 1. The van der Waals surface area contributed by atoms with Crippen molar-refractivity contribution in [2.45, 2.75) is 71.8 Å². The summed E-state index contributed by atoms with van der Waals surface area (Å²) in [6.45, 7) is 5.63. The molecule has 0 aromatic heterocycles. The van der Waals surface area contributed by atoms with Crippen LogP contribution >= 0.6 is 0 Å². The number of carbonyl (C=O) groups is 2. The Balaban J connectivity index is 1.71. The van der Waals surface area contributed by atoms with Gasteiger partial charge in [0.05, 0.1) is 0 Å². The summed E-state index contributed by atoms with van der Waals surface area (Å²) in [6.07, 6.45) is 6.98. The van der Waals surface area contributed by atoms with Crippen molar-refractivity contribution in [3.8, 4) is 5.75 Å². The molecule has 1 atom stereocenters. The number of ether oxygens (including phenoxy) is 1. The van der Waals surface area contributed by atoms with Crippen LogP contribution in [0, 0.1) is 19.8 Å². The van der Waals surface area contributed by atoms with Gasteiger partial charge < -0.3 is 4.74 Å². The van der Waals surface area contributed by atoms with Crippen molar-refractivity contribution in [2.75, 3.05) is 0 Å². The first-order valence-electron chi connectivity index (χ1n) is 9.29. The molecule has 5 heteroatoms. The number of amides is 2. The van der Waals surface area contributed by atoms with Crippen molar-refractivity contribution in [1.29, 1.82) is 0 Å². The summed E-state index contributed by atoms with van der Waals surface area (Å²) < 4.78 is 5.71. The highest BCUT2D eigenvalue weighted by molar-refractivity contribution is 5.84. The fourth-order valence-corrected chi connectivity index (χ4v) is 3.20. The lowest BCUT2D eigenvalue weighted by atomic mass is 9.86. The highest BCUT2D eigenvalue weighted by Gasteiger charge is 2.18. The van der Waals surface area contributed by atoms with Crippen molar-refractivity contribution in [2.24, 2.45) is 5.92 Å². The predicted octanol–water partition coefficient (Wildman–Crippen LogP) is 3.58. The number of hydrogen-bond donors (Lipinski definition) is 2. The standard InChI is InChI=1S/C20H30N2O3/c1-14-8-7-11-18(15(14)2)25-16(3)20(24)22-21-19(23)13-12-17-9-5-4-6-10-17/h7-8,11,16-17H,4-6,9-10,12-13H2,1-3H3,(H,21,23)(H,22,24). The molecule has 1 aliphatic carbocycles. The second-order valence-electron chi connectivity index (χ2n) is 7.04. The van der Waals surface area contributed by atoms with Crippen LogP contribution in [0.1, 0.15) is 63.0 Å². The molecule has 1 aromatic rings. The molecule has 0 bridgehead atoms. The lowest BCUT2D eigenvalue weighted by Crippen LogP contribution is -2.47. The van der Waals surface area contributed by atoms with E-state index >= 15 is 0 Å². The van der Waals surface area contributed by atoms with Crippen LogP contribution in [-0.4, -0.2) is 17.9 Å². The third-order valence-electron chi connectivity index (χ3n) is 5.06. The molecule has 0 spiro atoms. The van der Waals surface area contributed by atoms with Gasteiger partial charge >= 0.3 is 0 Å². The average molecular weight is 346 g/mol. The van der Waals surface area contributed by atoms with Crippen LogP contribution in [0.5, 0.6) is 5.75 Å². The third kappa shape index (κ3) is 6.07. The maximum atomic E-state index is 12.1. The zero-order chi connectivity index (χ0) is 18.2. The van der Waals surface area contributed by atoms with Gasteiger partial charge in [0.1, 0.15) is 5.75 Å². The molecule has 0 radical (unpaired) electrons. The van der Waals surface area contributed by atoms with Gasteiger partial charge in [-0.15, -0.1) is 0 Å². The zero-order valence-electron chi connectivity index (χ0n) is 15.6. The highest BCUT2D eigenvalue weighted by Crippen LogP contribution is 2.27. The van der Waals surface area contributed by atoms with E-state index in [1.165, 1.54) is 32.1 Å². The molecule has 2 amide bonds. The Bertz CT molecular complexity index is 595. The van der Waals surface area contributed by atoms with E-state index in [-0.39, 0.29) is 11.8 Å². The Morgan fingerprint density at radius 3 is 2.60 bits per heavy atom. The van der Waals surface area contributed by atoms with E-state index in [1.807, 2.05) is 32.0 Å². The van der Waals surface area contributed by atoms with Crippen LogP contribution in [0.25, 0.3) is 0 Å². The summed E-state index contributed by atoms with van der Waals surface area (Å²) in [5.41, 5.74) is 7.08. The maximum absolute atomic E-state index is 12.1. The molecule has 1 aliphatic rings. The van der Waals surface area contributed by atoms with Crippen LogP contribution in [0.4, 0.5) is 0 Å². The molecule has 2 rings (SSSR count). The average Bonchev–Trinajstić information content (AvgIpc) is 2.62. The lowest BCUT2D eigenvalue weighted by molar-refractivity contribution is -0.132. The van der Waals surface area contributed by atoms with E-state index in [4.69, 9.17) is 4.74 Å². The van der Waals surface area contributed by atoms with Gasteiger partial charge in [-0.3, -0.25) is 20.4 Å². The molecule has 138 valence electrons. The number of hydrazine groups is 1. The van der Waals surface area contributed by atoms with E-state index in [1.54, 1.807) is 6.92 Å². The Morgan fingerprint density at radius 1 is 1.16 bits per heavy atom. The van der Waals surface area contributed by atoms with Gasteiger partial charge in [0.25, 0.3) is 5.91 Å². The largest absolute Gasteiger partial charge is 0.481 e. The van der Waals surface area contributed by atoms with Crippen LogP contribution in [0.2, 0.25) is 0 Å². The van der Waals surface area contributed by atoms with Crippen molar-refractivity contribution in [3.63, 3.8) is 0 Å². The molecule has 5 nitrogen and oxygen atoms in total. The summed E-state index contributed by atoms with van der Waals surface area (Å²) in [7, 11) is 0. The molecule has 1 fully saturated rings. The van der Waals surface area contributed by atoms with Gasteiger partial charge in [0, 0.05) is 6.42 Å². The van der Waals surface area contributed by atoms with Crippen LogP contribution in [-0.2, 0) is 9.59 Å². The molecular weight excluding hydrogens is 316 g/mol. The molecule has 25 heavy (non-hydrogen) atoms. The number of hydrogen-bond acceptors (Lipinski definition) is 3. The molecule has 0 aliphatic heterocycles. The normalized spacial score (nSPS) is 16.1. The minimum atomic E-state index is -0.681. The molecule has 1 saturated carbocycles. The minimum absolute atomic E-state index is 0.141. The Hall–Kier alpha value is -2.04. The van der Waals surface area contributed by atoms with Gasteiger partial charge in [0.2, 0.25) is 5.91 Å². The number of rotatable bonds is 6. The fraction of sp³-hybridized carbons (Fsp3) is 0.600. The molecular formula is C20H30N2O3. The van der Waals surface area contributed by atoms with E-state index < -0.39 is 6.10 Å². The first-order valence-corrected chi connectivity index (χ1v) is 9.29. The van der Waals surface area contributed by atoms with E-state index in [0.29, 0.717) is 18.1 Å². The van der Waals surface area contributed by atoms with E-state index in [9.17, 15) is 9.59 Å². The quantitative estimate of drug-likeness (QED) is 0.774. The minimum Gasteiger partial charge on any atom is -0.481 e. The van der Waals surface area contributed by atoms with Crippen molar-refractivity contribution < 1.29 is 14.3 Å². The van der Waals surface area contributed by atoms with Crippen molar-refractivity contribution in [1.82, 2.24) is 10.9 Å². The fourth-order valence-electron chi connectivity index (χ4n) is 3.20. The molecule has 0 heterocycles. The predicted molar refractivity (Wildman–Crippen MR) is 98.1 cm³/mol. The van der Waals surface area contributed by atoms with Gasteiger partial charge in [0.15, 0.2) is 6.10 Å². The van der Waals surface area contributed by atoms with E-state index in [2.05, 4.69) is 10.9 Å². The smallest absolute Gasteiger partial charge is 0.279 e. The van der Waals surface area contributed by atoms with Crippen LogP contribution in [0.15, 0.2) is 18.2 Å². The van der Waals surface area contributed by atoms with Gasteiger partial charge in [-0.05, 0) is 50.3 Å². The third-order valence-corrected chi connectivity index (χ3v) is 5.06. The summed E-state index contributed by atoms with van der Waals surface area (Å²) in [4.78, 5) is 24.0. The van der Waals surface area contributed by atoms with Crippen molar-refractivity contribution >= 4 is 11.8 Å². The summed E-state index contributed by atoms with van der Waals surface area (Å²) in [5.74, 6) is 0.845. The number of carbonyl (C=O) groups excluding carboxylic acids is 2. The first kappa shape index (κ1) is 19.3. The van der Waals surface area contributed by atoms with Crippen LogP contribution < -0.4 is 15.6 Å². The van der Waals surface area contributed by atoms with E-state index in [0.717, 1.165) is 17.5 Å². The summed E-state index contributed by atoms with van der Waals surface area (Å²) >= 11 is 0. The Labute approximate surface area is 150 Å². The second-order valence-corrected chi connectivity index (χ2v) is 7.04. The molecule has 0 saturated heterocycles. The molecule has 1 unspecified atom stereocenters. The second kappa shape index (κ2) is 9.44. The highest BCUT2D eigenvalue weighted by atomic mass is 16.5. The zero-order valence-corrected chi connectivity index (χ0v) is 15.6.